The molecule has 0 spiro atoms. The Morgan fingerprint density at radius 3 is 2.64 bits per heavy atom. The van der Waals surface area contributed by atoms with Gasteiger partial charge in [-0.15, -0.1) is 0 Å². The van der Waals surface area contributed by atoms with Crippen LogP contribution in [0.4, 0.5) is 0 Å². The van der Waals surface area contributed by atoms with Crippen molar-refractivity contribution in [1.82, 2.24) is 0 Å². The molecule has 6 nitrogen and oxygen atoms in total. The van der Waals surface area contributed by atoms with E-state index in [1.807, 2.05) is 0 Å². The summed E-state index contributed by atoms with van der Waals surface area (Å²) >= 11 is 0. The van der Waals surface area contributed by atoms with E-state index in [2.05, 4.69) is 0 Å². The van der Waals surface area contributed by atoms with Crippen molar-refractivity contribution in [2.24, 2.45) is 0 Å². The van der Waals surface area contributed by atoms with Crippen molar-refractivity contribution in [3.63, 3.8) is 0 Å². The summed E-state index contributed by atoms with van der Waals surface area (Å²) < 4.78 is 38.1. The molecule has 114 valence electrons. The van der Waals surface area contributed by atoms with Gasteiger partial charge in [0, 0.05) is 11.6 Å². The fraction of sp³-hybridized carbons (Fsp3) is 0.133. The average Bonchev–Trinajstić information content (AvgIpc) is 3.03. The molecule has 0 bridgehead atoms. The number of fused-ring (bicyclic) bond motifs is 1. The summed E-state index contributed by atoms with van der Waals surface area (Å²) in [6, 6.07) is 6.31. The van der Waals surface area contributed by atoms with Crippen LogP contribution in [0.1, 0.15) is 21.7 Å². The molecule has 1 aromatic heterocycles. The highest BCUT2D eigenvalue weighted by molar-refractivity contribution is 7.86. The zero-order valence-corrected chi connectivity index (χ0v) is 12.6. The molecule has 0 saturated carbocycles. The van der Waals surface area contributed by atoms with Gasteiger partial charge in [0.15, 0.2) is 5.76 Å². The Bertz CT molecular complexity index is 875. The van der Waals surface area contributed by atoms with Gasteiger partial charge < -0.3 is 13.3 Å². The van der Waals surface area contributed by atoms with Crippen LogP contribution in [0.2, 0.25) is 0 Å². The first-order valence-electron chi connectivity index (χ1n) is 6.36. The van der Waals surface area contributed by atoms with E-state index in [0.29, 0.717) is 22.6 Å². The minimum Gasteiger partial charge on any atom is -0.465 e. The molecule has 0 radical (unpaired) electrons. The van der Waals surface area contributed by atoms with Crippen molar-refractivity contribution >= 4 is 22.0 Å². The summed E-state index contributed by atoms with van der Waals surface area (Å²) in [6.07, 6.45) is 3.93. The summed E-state index contributed by atoms with van der Waals surface area (Å²) in [7, 11) is -3.66. The molecule has 0 unspecified atom stereocenters. The SMILES string of the molecule is Cc1c(OS(C)(=O)=O)ccc2c1O/C(=C/c1ccco1)C2=O. The van der Waals surface area contributed by atoms with Crippen LogP contribution < -0.4 is 8.92 Å². The molecule has 7 heteroatoms. The monoisotopic (exact) mass is 320 g/mol. The third-order valence-corrected chi connectivity index (χ3v) is 3.58. The molecule has 0 saturated heterocycles. The van der Waals surface area contributed by atoms with Crippen LogP contribution in [0.15, 0.2) is 40.7 Å². The van der Waals surface area contributed by atoms with E-state index in [1.54, 1.807) is 19.1 Å². The fourth-order valence-electron chi connectivity index (χ4n) is 2.12. The van der Waals surface area contributed by atoms with E-state index in [0.717, 1.165) is 6.26 Å². The summed E-state index contributed by atoms with van der Waals surface area (Å²) in [5.41, 5.74) is 0.801. The first-order valence-corrected chi connectivity index (χ1v) is 8.17. The zero-order valence-electron chi connectivity index (χ0n) is 11.8. The Morgan fingerprint density at radius 1 is 1.23 bits per heavy atom. The smallest absolute Gasteiger partial charge is 0.306 e. The molecule has 0 aliphatic carbocycles. The van der Waals surface area contributed by atoms with Gasteiger partial charge >= 0.3 is 10.1 Å². The third-order valence-electron chi connectivity index (χ3n) is 3.09. The average molecular weight is 320 g/mol. The number of ether oxygens (including phenoxy) is 1. The molecule has 0 fully saturated rings. The van der Waals surface area contributed by atoms with E-state index in [9.17, 15) is 13.2 Å². The Balaban J connectivity index is 2.01. The molecule has 0 amide bonds. The topological polar surface area (TPSA) is 82.8 Å². The van der Waals surface area contributed by atoms with Crippen molar-refractivity contribution in [1.29, 1.82) is 0 Å². The predicted octanol–water partition coefficient (Wildman–Crippen LogP) is 2.54. The molecule has 0 N–H and O–H groups in total. The lowest BCUT2D eigenvalue weighted by atomic mass is 10.1. The molecule has 22 heavy (non-hydrogen) atoms. The van der Waals surface area contributed by atoms with E-state index >= 15 is 0 Å². The number of Topliss-reactive ketones (excluding diaryl/α,β-unsaturated/α-hetero) is 1. The van der Waals surface area contributed by atoms with Gasteiger partial charge in [-0.2, -0.15) is 8.42 Å². The van der Waals surface area contributed by atoms with Crippen molar-refractivity contribution < 1.29 is 26.5 Å². The van der Waals surface area contributed by atoms with Gasteiger partial charge in [-0.05, 0) is 31.2 Å². The molecular formula is C15H12O6S. The molecule has 1 aliphatic rings. The summed E-state index contributed by atoms with van der Waals surface area (Å²) in [6.45, 7) is 1.63. The van der Waals surface area contributed by atoms with E-state index in [-0.39, 0.29) is 17.3 Å². The summed E-state index contributed by atoms with van der Waals surface area (Å²) in [5.74, 6) is 0.739. The maximum atomic E-state index is 12.3. The maximum absolute atomic E-state index is 12.3. The number of rotatable bonds is 3. The quantitative estimate of drug-likeness (QED) is 0.638. The summed E-state index contributed by atoms with van der Waals surface area (Å²) in [4.78, 5) is 12.3. The van der Waals surface area contributed by atoms with Gasteiger partial charge in [0.25, 0.3) is 0 Å². The highest BCUT2D eigenvalue weighted by atomic mass is 32.2. The molecule has 2 aromatic rings. The van der Waals surface area contributed by atoms with E-state index in [1.165, 1.54) is 24.5 Å². The normalized spacial score (nSPS) is 15.7. The predicted molar refractivity (Wildman–Crippen MR) is 78.3 cm³/mol. The Labute approximate surface area is 127 Å². The van der Waals surface area contributed by atoms with Crippen LogP contribution in [-0.2, 0) is 10.1 Å². The standard InChI is InChI=1S/C15H12O6S/c1-9-12(21-22(2,17)18)6-5-11-14(16)13(20-15(9)11)8-10-4-3-7-19-10/h3-8H,1-2H3/b13-8+. The van der Waals surface area contributed by atoms with Crippen molar-refractivity contribution in [2.75, 3.05) is 6.26 Å². The second kappa shape index (κ2) is 5.03. The third kappa shape index (κ3) is 2.62. The minimum atomic E-state index is -3.66. The molecule has 1 aromatic carbocycles. The largest absolute Gasteiger partial charge is 0.465 e. The lowest BCUT2D eigenvalue weighted by Gasteiger charge is -2.09. The maximum Gasteiger partial charge on any atom is 0.306 e. The molecule has 0 atom stereocenters. The van der Waals surface area contributed by atoms with Gasteiger partial charge in [-0.1, -0.05) is 0 Å². The summed E-state index contributed by atoms with van der Waals surface area (Å²) in [5, 5.41) is 0. The number of hydrogen-bond acceptors (Lipinski definition) is 6. The number of hydrogen-bond donors (Lipinski definition) is 0. The van der Waals surface area contributed by atoms with E-state index in [4.69, 9.17) is 13.3 Å². The number of benzene rings is 1. The zero-order chi connectivity index (χ0) is 15.9. The Morgan fingerprint density at radius 2 is 2.00 bits per heavy atom. The van der Waals surface area contributed by atoms with Crippen LogP contribution in [0.3, 0.4) is 0 Å². The fourth-order valence-corrected chi connectivity index (χ4v) is 2.63. The van der Waals surface area contributed by atoms with Crippen LogP contribution in [-0.4, -0.2) is 20.5 Å². The Hall–Kier alpha value is -2.54. The number of carbonyl (C=O) groups excluding carboxylic acids is 1. The van der Waals surface area contributed by atoms with Crippen LogP contribution in [0.25, 0.3) is 6.08 Å². The van der Waals surface area contributed by atoms with Gasteiger partial charge in [0.05, 0.1) is 18.1 Å². The van der Waals surface area contributed by atoms with Gasteiger partial charge in [0.2, 0.25) is 5.78 Å². The van der Waals surface area contributed by atoms with Crippen molar-refractivity contribution in [3.8, 4) is 11.5 Å². The second-order valence-electron chi connectivity index (χ2n) is 4.81. The molecule has 1 aliphatic heterocycles. The molecule has 2 heterocycles. The number of carbonyl (C=O) groups is 1. The Kier molecular flexibility index (Phi) is 3.29. The van der Waals surface area contributed by atoms with Gasteiger partial charge in [0.1, 0.15) is 17.3 Å². The van der Waals surface area contributed by atoms with E-state index < -0.39 is 10.1 Å². The second-order valence-corrected chi connectivity index (χ2v) is 6.38. The number of allylic oxidation sites excluding steroid dienone is 1. The highest BCUT2D eigenvalue weighted by Crippen LogP contribution is 2.39. The minimum absolute atomic E-state index is 0.115. The van der Waals surface area contributed by atoms with Crippen LogP contribution >= 0.6 is 0 Å². The number of ketones is 1. The lowest BCUT2D eigenvalue weighted by Crippen LogP contribution is -2.07. The van der Waals surface area contributed by atoms with Crippen molar-refractivity contribution in [3.05, 3.63) is 53.2 Å². The first kappa shape index (κ1) is 14.4. The van der Waals surface area contributed by atoms with Gasteiger partial charge in [-0.25, -0.2) is 0 Å². The highest BCUT2D eigenvalue weighted by Gasteiger charge is 2.30. The van der Waals surface area contributed by atoms with Crippen LogP contribution in [0.5, 0.6) is 11.5 Å². The molecule has 3 rings (SSSR count). The lowest BCUT2D eigenvalue weighted by molar-refractivity contribution is 0.101. The van der Waals surface area contributed by atoms with Crippen molar-refractivity contribution in [2.45, 2.75) is 6.92 Å². The van der Waals surface area contributed by atoms with Crippen LogP contribution in [0, 0.1) is 6.92 Å². The van der Waals surface area contributed by atoms with Gasteiger partial charge in [-0.3, -0.25) is 4.79 Å². The first-order chi connectivity index (χ1) is 10.3. The number of furan rings is 1. The molecular weight excluding hydrogens is 308 g/mol.